The van der Waals surface area contributed by atoms with Gasteiger partial charge in [-0.2, -0.15) is 5.10 Å². The largest absolute Gasteiger partial charge is 0.446 e. The molecule has 2 aromatic rings. The molecule has 0 aromatic carbocycles. The second-order valence-corrected chi connectivity index (χ2v) is 7.16. The summed E-state index contributed by atoms with van der Waals surface area (Å²) in [6, 6.07) is 7.16. The molecule has 2 amide bonds. The number of hydrogen-bond acceptors (Lipinski definition) is 6. The molecule has 1 aliphatic carbocycles. The van der Waals surface area contributed by atoms with Crippen molar-refractivity contribution in [1.82, 2.24) is 25.8 Å². The van der Waals surface area contributed by atoms with Crippen molar-refractivity contribution in [3.63, 3.8) is 0 Å². The van der Waals surface area contributed by atoms with E-state index in [1.54, 1.807) is 25.2 Å². The van der Waals surface area contributed by atoms with E-state index in [0.717, 1.165) is 25.0 Å². The Kier molecular flexibility index (Phi) is 6.13. The first kappa shape index (κ1) is 19.7. The molecule has 1 fully saturated rings. The fourth-order valence-electron chi connectivity index (χ4n) is 3.25. The van der Waals surface area contributed by atoms with Gasteiger partial charge in [-0.3, -0.25) is 9.89 Å². The predicted molar refractivity (Wildman–Crippen MR) is 105 cm³/mol. The molecule has 0 aliphatic heterocycles. The lowest BCUT2D eigenvalue weighted by Crippen LogP contribution is -2.33. The summed E-state index contributed by atoms with van der Waals surface area (Å²) in [6.45, 7) is 3.80. The van der Waals surface area contributed by atoms with Gasteiger partial charge in [0.05, 0.1) is 0 Å². The van der Waals surface area contributed by atoms with Crippen LogP contribution in [0.25, 0.3) is 0 Å². The number of ether oxygens (including phenoxy) is 1. The summed E-state index contributed by atoms with van der Waals surface area (Å²) in [5, 5.41) is 15.7. The SMILES string of the molecule is CNC(=O)c1cccc(Nc2cc([C@H]3CC[C@@H](OC(=O)NC(C)C)C3)[nH]n2)n1. The topological polar surface area (TPSA) is 121 Å². The van der Waals surface area contributed by atoms with Crippen LogP contribution in [0.4, 0.5) is 16.4 Å². The second kappa shape index (κ2) is 8.73. The van der Waals surface area contributed by atoms with E-state index >= 15 is 0 Å². The zero-order valence-corrected chi connectivity index (χ0v) is 16.3. The molecule has 0 unspecified atom stereocenters. The van der Waals surface area contributed by atoms with Crippen LogP contribution in [-0.4, -0.2) is 46.4 Å². The minimum Gasteiger partial charge on any atom is -0.446 e. The van der Waals surface area contributed by atoms with E-state index in [0.29, 0.717) is 17.3 Å². The van der Waals surface area contributed by atoms with Crippen LogP contribution in [0.5, 0.6) is 0 Å². The van der Waals surface area contributed by atoms with Gasteiger partial charge in [0.15, 0.2) is 5.82 Å². The Morgan fingerprint density at radius 1 is 1.25 bits per heavy atom. The van der Waals surface area contributed by atoms with Gasteiger partial charge in [-0.1, -0.05) is 6.07 Å². The number of hydrogen-bond donors (Lipinski definition) is 4. The summed E-state index contributed by atoms with van der Waals surface area (Å²) in [5.41, 5.74) is 1.32. The van der Waals surface area contributed by atoms with E-state index in [1.165, 1.54) is 0 Å². The number of nitrogens with zero attached hydrogens (tertiary/aromatic N) is 2. The summed E-state index contributed by atoms with van der Waals surface area (Å²) >= 11 is 0. The average Bonchev–Trinajstić information content (AvgIpc) is 3.30. The number of nitrogens with one attached hydrogen (secondary N) is 4. The molecule has 9 nitrogen and oxygen atoms in total. The lowest BCUT2D eigenvalue weighted by atomic mass is 10.0. The molecule has 2 atom stereocenters. The minimum atomic E-state index is -0.366. The van der Waals surface area contributed by atoms with Crippen LogP contribution in [0, 0.1) is 0 Å². The number of carbonyl (C=O) groups is 2. The van der Waals surface area contributed by atoms with E-state index in [2.05, 4.69) is 31.1 Å². The summed E-state index contributed by atoms with van der Waals surface area (Å²) in [4.78, 5) is 27.7. The van der Waals surface area contributed by atoms with Crippen LogP contribution in [0.1, 0.15) is 55.2 Å². The normalized spacial score (nSPS) is 18.7. The number of anilines is 2. The van der Waals surface area contributed by atoms with Crippen molar-refractivity contribution in [1.29, 1.82) is 0 Å². The van der Waals surface area contributed by atoms with Gasteiger partial charge in [-0.25, -0.2) is 9.78 Å². The van der Waals surface area contributed by atoms with Gasteiger partial charge >= 0.3 is 6.09 Å². The number of aromatic nitrogens is 3. The predicted octanol–water partition coefficient (Wildman–Crippen LogP) is 2.68. The van der Waals surface area contributed by atoms with Gasteiger partial charge in [0.1, 0.15) is 17.6 Å². The Morgan fingerprint density at radius 3 is 2.82 bits per heavy atom. The molecule has 0 bridgehead atoms. The van der Waals surface area contributed by atoms with Crippen molar-refractivity contribution in [2.75, 3.05) is 12.4 Å². The summed E-state index contributed by atoms with van der Waals surface area (Å²) in [6.07, 6.45) is 2.06. The molecule has 0 spiro atoms. The molecular weight excluding hydrogens is 360 g/mol. The Hall–Kier alpha value is -3.10. The lowest BCUT2D eigenvalue weighted by Gasteiger charge is -2.14. The van der Waals surface area contributed by atoms with Crippen molar-refractivity contribution >= 4 is 23.6 Å². The highest BCUT2D eigenvalue weighted by Crippen LogP contribution is 2.36. The fraction of sp³-hybridized carbons (Fsp3) is 0.474. The number of rotatable bonds is 6. The van der Waals surface area contributed by atoms with Crippen molar-refractivity contribution < 1.29 is 14.3 Å². The van der Waals surface area contributed by atoms with E-state index in [-0.39, 0.29) is 30.1 Å². The van der Waals surface area contributed by atoms with Crippen molar-refractivity contribution in [2.45, 2.75) is 51.2 Å². The monoisotopic (exact) mass is 386 g/mol. The van der Waals surface area contributed by atoms with E-state index in [4.69, 9.17) is 4.74 Å². The number of H-pyrrole nitrogens is 1. The van der Waals surface area contributed by atoms with Gasteiger partial charge in [0.2, 0.25) is 0 Å². The Bertz CT molecular complexity index is 835. The van der Waals surface area contributed by atoms with Gasteiger partial charge in [0, 0.05) is 30.8 Å². The maximum atomic E-state index is 11.8. The molecule has 2 aromatic heterocycles. The third-order valence-corrected chi connectivity index (χ3v) is 4.57. The molecule has 3 rings (SSSR count). The van der Waals surface area contributed by atoms with Gasteiger partial charge in [-0.05, 0) is 45.2 Å². The highest BCUT2D eigenvalue weighted by Gasteiger charge is 2.30. The quantitative estimate of drug-likeness (QED) is 0.606. The van der Waals surface area contributed by atoms with Crippen molar-refractivity contribution in [3.05, 3.63) is 35.7 Å². The van der Waals surface area contributed by atoms with Crippen LogP contribution in [0.15, 0.2) is 24.3 Å². The highest BCUT2D eigenvalue weighted by atomic mass is 16.6. The third kappa shape index (κ3) is 4.99. The Labute approximate surface area is 163 Å². The Morgan fingerprint density at radius 2 is 2.07 bits per heavy atom. The molecule has 150 valence electrons. The third-order valence-electron chi connectivity index (χ3n) is 4.57. The van der Waals surface area contributed by atoms with Gasteiger partial charge < -0.3 is 20.7 Å². The zero-order valence-electron chi connectivity index (χ0n) is 16.3. The second-order valence-electron chi connectivity index (χ2n) is 7.16. The molecule has 28 heavy (non-hydrogen) atoms. The number of amides is 2. The van der Waals surface area contributed by atoms with Crippen molar-refractivity contribution in [2.24, 2.45) is 0 Å². The van der Waals surface area contributed by atoms with E-state index in [9.17, 15) is 9.59 Å². The van der Waals surface area contributed by atoms with Crippen LogP contribution in [0.2, 0.25) is 0 Å². The fourth-order valence-corrected chi connectivity index (χ4v) is 3.25. The van der Waals surface area contributed by atoms with Gasteiger partial charge in [-0.15, -0.1) is 0 Å². The smallest absolute Gasteiger partial charge is 0.407 e. The molecule has 1 aliphatic rings. The van der Waals surface area contributed by atoms with Crippen LogP contribution < -0.4 is 16.0 Å². The van der Waals surface area contributed by atoms with Crippen LogP contribution >= 0.6 is 0 Å². The number of carbonyl (C=O) groups excluding carboxylic acids is 2. The van der Waals surface area contributed by atoms with Crippen LogP contribution in [-0.2, 0) is 4.74 Å². The first-order valence-electron chi connectivity index (χ1n) is 9.43. The molecule has 0 saturated heterocycles. The first-order chi connectivity index (χ1) is 13.4. The highest BCUT2D eigenvalue weighted by molar-refractivity contribution is 5.92. The number of alkyl carbamates (subject to hydrolysis) is 1. The summed E-state index contributed by atoms with van der Waals surface area (Å²) in [5.74, 6) is 1.17. The molecule has 2 heterocycles. The van der Waals surface area contributed by atoms with Crippen molar-refractivity contribution in [3.8, 4) is 0 Å². The summed E-state index contributed by atoms with van der Waals surface area (Å²) in [7, 11) is 1.56. The number of pyridine rings is 1. The molecular formula is C19H26N6O3. The maximum Gasteiger partial charge on any atom is 0.407 e. The van der Waals surface area contributed by atoms with Gasteiger partial charge in [0.25, 0.3) is 5.91 Å². The van der Waals surface area contributed by atoms with Crippen LogP contribution in [0.3, 0.4) is 0 Å². The van der Waals surface area contributed by atoms with E-state index in [1.807, 2.05) is 19.9 Å². The molecule has 0 radical (unpaired) electrons. The van der Waals surface area contributed by atoms with E-state index < -0.39 is 0 Å². The molecule has 1 saturated carbocycles. The maximum absolute atomic E-state index is 11.8. The molecule has 9 heteroatoms. The Balaban J connectivity index is 1.57. The lowest BCUT2D eigenvalue weighted by molar-refractivity contribution is 0.0955. The summed E-state index contributed by atoms with van der Waals surface area (Å²) < 4.78 is 5.47. The zero-order chi connectivity index (χ0) is 20.1. The molecule has 4 N–H and O–H groups in total. The first-order valence-corrected chi connectivity index (χ1v) is 9.43. The average molecular weight is 386 g/mol. The standard InChI is InChI=1S/C19H26N6O3/c1-11(2)21-19(27)28-13-8-7-12(9-13)15-10-17(25-24-15)23-16-6-4-5-14(22-16)18(26)20-3/h4-6,10-13H,7-9H2,1-3H3,(H,20,26)(H,21,27)(H2,22,23,24,25)/t12-,13+/m0/s1. The number of aromatic amines is 1. The minimum absolute atomic E-state index is 0.0569.